The van der Waals surface area contributed by atoms with Crippen LogP contribution in [0.25, 0.3) is 0 Å². The average molecular weight is 296 g/mol. The molecule has 2 rings (SSSR count). The number of nitrogens with one attached hydrogen (secondary N) is 1. The molecule has 122 valence electrons. The van der Waals surface area contributed by atoms with Crippen LogP contribution >= 0.6 is 0 Å². The standard InChI is InChI=1S/C16H32N4O/c1-13(2)15(20-9-7-18(3)8-10-20)11-17-16(21)12-19(4)14-5-6-14/h13-15H,5-12H2,1-4H3,(H,17,21)/t15-/m0/s1. The summed E-state index contributed by atoms with van der Waals surface area (Å²) < 4.78 is 0. The second-order valence-corrected chi connectivity index (χ2v) is 7.10. The fourth-order valence-electron chi connectivity index (χ4n) is 3.09. The van der Waals surface area contributed by atoms with Gasteiger partial charge in [-0.3, -0.25) is 14.6 Å². The van der Waals surface area contributed by atoms with Crippen LogP contribution in [0.1, 0.15) is 26.7 Å². The van der Waals surface area contributed by atoms with Crippen molar-refractivity contribution in [1.29, 1.82) is 0 Å². The number of hydrogen-bond donors (Lipinski definition) is 1. The van der Waals surface area contributed by atoms with Crippen LogP contribution in [-0.4, -0.2) is 86.1 Å². The molecule has 0 radical (unpaired) electrons. The highest BCUT2D eigenvalue weighted by Crippen LogP contribution is 2.24. The number of carbonyl (C=O) groups is 1. The Morgan fingerprint density at radius 1 is 1.24 bits per heavy atom. The first kappa shape index (κ1) is 16.7. The lowest BCUT2D eigenvalue weighted by atomic mass is 10.0. The highest BCUT2D eigenvalue weighted by atomic mass is 16.2. The first-order chi connectivity index (χ1) is 9.97. The van der Waals surface area contributed by atoms with Gasteiger partial charge >= 0.3 is 0 Å². The lowest BCUT2D eigenvalue weighted by Gasteiger charge is -2.40. The Labute approximate surface area is 129 Å². The van der Waals surface area contributed by atoms with E-state index >= 15 is 0 Å². The molecule has 1 heterocycles. The fraction of sp³-hybridized carbons (Fsp3) is 0.938. The highest BCUT2D eigenvalue weighted by molar-refractivity contribution is 5.78. The van der Waals surface area contributed by atoms with Crippen LogP contribution in [-0.2, 0) is 4.79 Å². The molecule has 2 fully saturated rings. The SMILES string of the molecule is CC(C)[C@H](CNC(=O)CN(C)C1CC1)N1CCN(C)CC1. The van der Waals surface area contributed by atoms with Gasteiger partial charge in [-0.05, 0) is 32.9 Å². The van der Waals surface area contributed by atoms with Crippen LogP contribution in [0.5, 0.6) is 0 Å². The Morgan fingerprint density at radius 3 is 2.38 bits per heavy atom. The second-order valence-electron chi connectivity index (χ2n) is 7.10. The molecule has 0 aromatic carbocycles. The van der Waals surface area contributed by atoms with Crippen LogP contribution < -0.4 is 5.32 Å². The summed E-state index contributed by atoms with van der Waals surface area (Å²) in [6, 6.07) is 1.10. The summed E-state index contributed by atoms with van der Waals surface area (Å²) in [6.45, 7) is 10.3. The van der Waals surface area contributed by atoms with Crippen molar-refractivity contribution in [3.05, 3.63) is 0 Å². The Hall–Kier alpha value is -0.650. The van der Waals surface area contributed by atoms with Crippen LogP contribution in [0.2, 0.25) is 0 Å². The van der Waals surface area contributed by atoms with E-state index in [-0.39, 0.29) is 5.91 Å². The van der Waals surface area contributed by atoms with Gasteiger partial charge in [-0.15, -0.1) is 0 Å². The van der Waals surface area contributed by atoms with E-state index in [0.29, 0.717) is 24.5 Å². The summed E-state index contributed by atoms with van der Waals surface area (Å²) in [7, 11) is 4.23. The van der Waals surface area contributed by atoms with Crippen LogP contribution in [0, 0.1) is 5.92 Å². The Morgan fingerprint density at radius 2 is 1.86 bits per heavy atom. The molecule has 0 spiro atoms. The molecule has 1 aliphatic heterocycles. The molecular weight excluding hydrogens is 264 g/mol. The average Bonchev–Trinajstić information content (AvgIpc) is 3.25. The molecule has 1 amide bonds. The van der Waals surface area contributed by atoms with Gasteiger partial charge in [0, 0.05) is 44.8 Å². The number of piperazine rings is 1. The van der Waals surface area contributed by atoms with E-state index in [1.807, 2.05) is 0 Å². The fourth-order valence-corrected chi connectivity index (χ4v) is 3.09. The topological polar surface area (TPSA) is 38.8 Å². The third-order valence-corrected chi connectivity index (χ3v) is 4.85. The minimum atomic E-state index is 0.171. The van der Waals surface area contributed by atoms with Crippen molar-refractivity contribution in [2.45, 2.75) is 38.8 Å². The summed E-state index contributed by atoms with van der Waals surface area (Å²) in [5, 5.41) is 3.15. The van der Waals surface area contributed by atoms with Gasteiger partial charge < -0.3 is 10.2 Å². The van der Waals surface area contributed by atoms with Crippen molar-refractivity contribution < 1.29 is 4.79 Å². The van der Waals surface area contributed by atoms with Gasteiger partial charge in [0.15, 0.2) is 0 Å². The monoisotopic (exact) mass is 296 g/mol. The Kier molecular flexibility index (Phi) is 6.02. The van der Waals surface area contributed by atoms with Gasteiger partial charge in [0.2, 0.25) is 5.91 Å². The largest absolute Gasteiger partial charge is 0.353 e. The van der Waals surface area contributed by atoms with Crippen molar-refractivity contribution in [2.24, 2.45) is 5.92 Å². The van der Waals surface area contributed by atoms with Gasteiger partial charge in [0.05, 0.1) is 6.54 Å². The number of hydrogen-bond acceptors (Lipinski definition) is 4. The van der Waals surface area contributed by atoms with Gasteiger partial charge in [-0.1, -0.05) is 13.8 Å². The molecule has 5 heteroatoms. The van der Waals surface area contributed by atoms with Gasteiger partial charge in [-0.2, -0.15) is 0 Å². The normalized spacial score (nSPS) is 22.8. The zero-order valence-electron chi connectivity index (χ0n) is 14.1. The van der Waals surface area contributed by atoms with E-state index in [4.69, 9.17) is 0 Å². The van der Waals surface area contributed by atoms with Crippen LogP contribution in [0.15, 0.2) is 0 Å². The molecule has 21 heavy (non-hydrogen) atoms. The minimum Gasteiger partial charge on any atom is -0.353 e. The number of amides is 1. The zero-order chi connectivity index (χ0) is 15.4. The summed E-state index contributed by atoms with van der Waals surface area (Å²) in [5.41, 5.74) is 0. The van der Waals surface area contributed by atoms with Crippen molar-refractivity contribution in [1.82, 2.24) is 20.0 Å². The Balaban J connectivity index is 1.75. The van der Waals surface area contributed by atoms with Crippen molar-refractivity contribution >= 4 is 5.91 Å². The van der Waals surface area contributed by atoms with Gasteiger partial charge in [0.1, 0.15) is 0 Å². The minimum absolute atomic E-state index is 0.171. The molecule has 0 aromatic rings. The van der Waals surface area contributed by atoms with E-state index in [9.17, 15) is 4.79 Å². The van der Waals surface area contributed by atoms with Gasteiger partial charge in [-0.25, -0.2) is 0 Å². The Bertz CT molecular complexity index is 335. The summed E-state index contributed by atoms with van der Waals surface area (Å²) in [4.78, 5) is 19.2. The molecule has 5 nitrogen and oxygen atoms in total. The van der Waals surface area contributed by atoms with Crippen molar-refractivity contribution in [3.63, 3.8) is 0 Å². The maximum Gasteiger partial charge on any atom is 0.234 e. The first-order valence-electron chi connectivity index (χ1n) is 8.37. The third-order valence-electron chi connectivity index (χ3n) is 4.85. The van der Waals surface area contributed by atoms with E-state index in [1.54, 1.807) is 0 Å². The van der Waals surface area contributed by atoms with Crippen LogP contribution in [0.4, 0.5) is 0 Å². The summed E-state index contributed by atoms with van der Waals surface area (Å²) >= 11 is 0. The van der Waals surface area contributed by atoms with E-state index in [2.05, 4.69) is 48.0 Å². The lowest BCUT2D eigenvalue weighted by Crippen LogP contribution is -2.54. The quantitative estimate of drug-likeness (QED) is 0.741. The number of nitrogens with zero attached hydrogens (tertiary/aromatic N) is 3. The predicted molar refractivity (Wildman–Crippen MR) is 86.4 cm³/mol. The second kappa shape index (κ2) is 7.56. The van der Waals surface area contributed by atoms with E-state index < -0.39 is 0 Å². The first-order valence-corrected chi connectivity index (χ1v) is 8.37. The third kappa shape index (κ3) is 5.24. The molecule has 0 unspecified atom stereocenters. The molecule has 1 aliphatic carbocycles. The molecule has 1 N–H and O–H groups in total. The van der Waals surface area contributed by atoms with Gasteiger partial charge in [0.25, 0.3) is 0 Å². The molecule has 2 aliphatic rings. The van der Waals surface area contributed by atoms with Crippen molar-refractivity contribution in [3.8, 4) is 0 Å². The molecular formula is C16H32N4O. The summed E-state index contributed by atoms with van der Waals surface area (Å²) in [6.07, 6.45) is 2.50. The number of rotatable bonds is 7. The molecule has 1 atom stereocenters. The molecule has 1 saturated carbocycles. The maximum absolute atomic E-state index is 12.1. The number of likely N-dealkylation sites (N-methyl/N-ethyl adjacent to an activating group) is 2. The zero-order valence-corrected chi connectivity index (χ0v) is 14.1. The molecule has 0 bridgehead atoms. The maximum atomic E-state index is 12.1. The lowest BCUT2D eigenvalue weighted by molar-refractivity contribution is -0.122. The van der Waals surface area contributed by atoms with Crippen LogP contribution in [0.3, 0.4) is 0 Å². The highest BCUT2D eigenvalue weighted by Gasteiger charge is 2.28. The predicted octanol–water partition coefficient (Wildman–Crippen LogP) is 0.469. The smallest absolute Gasteiger partial charge is 0.234 e. The van der Waals surface area contributed by atoms with Crippen molar-refractivity contribution in [2.75, 3.05) is 53.4 Å². The number of carbonyl (C=O) groups excluding carboxylic acids is 1. The summed E-state index contributed by atoms with van der Waals surface area (Å²) in [5.74, 6) is 0.735. The van der Waals surface area contributed by atoms with E-state index in [0.717, 1.165) is 32.7 Å². The van der Waals surface area contributed by atoms with E-state index in [1.165, 1.54) is 12.8 Å². The molecule has 0 aromatic heterocycles. The molecule has 1 saturated heterocycles.